The van der Waals surface area contributed by atoms with Gasteiger partial charge in [-0.3, -0.25) is 9.36 Å². The smallest absolute Gasteiger partial charge is 0.233 e. The third-order valence-corrected chi connectivity index (χ3v) is 6.23. The van der Waals surface area contributed by atoms with Crippen molar-refractivity contribution in [1.82, 2.24) is 19.7 Å². The molecule has 0 unspecified atom stereocenters. The molecule has 1 aliphatic rings. The fourth-order valence-corrected chi connectivity index (χ4v) is 4.48. The van der Waals surface area contributed by atoms with Crippen LogP contribution in [-0.2, 0) is 11.2 Å². The molecule has 0 N–H and O–H groups in total. The predicted octanol–water partition coefficient (Wildman–Crippen LogP) is 3.41. The van der Waals surface area contributed by atoms with Crippen LogP contribution in [0, 0.1) is 5.82 Å². The Morgan fingerprint density at radius 1 is 1.03 bits per heavy atom. The Morgan fingerprint density at radius 3 is 2.47 bits per heavy atom. The number of piperazine rings is 1. The van der Waals surface area contributed by atoms with Crippen molar-refractivity contribution >= 4 is 23.4 Å². The summed E-state index contributed by atoms with van der Waals surface area (Å²) < 4.78 is 15.9. The first kappa shape index (κ1) is 20.4. The number of aryl methyl sites for hydroxylation is 1. The summed E-state index contributed by atoms with van der Waals surface area (Å²) in [6, 6.07) is 14.9. The molecule has 6 nitrogen and oxygen atoms in total. The average molecular weight is 426 g/mol. The first-order chi connectivity index (χ1) is 14.7. The summed E-state index contributed by atoms with van der Waals surface area (Å²) in [4.78, 5) is 16.6. The molecule has 2 heterocycles. The number of nitrogens with zero attached hydrogens (tertiary/aromatic N) is 5. The number of aromatic nitrogens is 3. The van der Waals surface area contributed by atoms with E-state index in [4.69, 9.17) is 0 Å². The number of rotatable bonds is 6. The molecule has 0 aliphatic carbocycles. The van der Waals surface area contributed by atoms with Crippen LogP contribution >= 0.6 is 11.8 Å². The molecule has 0 atom stereocenters. The lowest BCUT2D eigenvalue weighted by atomic mass is 10.1. The molecule has 3 aromatic rings. The first-order valence-corrected chi connectivity index (χ1v) is 11.0. The van der Waals surface area contributed by atoms with Crippen molar-refractivity contribution < 1.29 is 9.18 Å². The summed E-state index contributed by atoms with van der Waals surface area (Å²) >= 11 is 1.39. The molecule has 8 heteroatoms. The van der Waals surface area contributed by atoms with Crippen molar-refractivity contribution in [3.05, 3.63) is 66.2 Å². The van der Waals surface area contributed by atoms with Crippen molar-refractivity contribution in [3.8, 4) is 5.69 Å². The van der Waals surface area contributed by atoms with Crippen molar-refractivity contribution in [2.24, 2.45) is 0 Å². The van der Waals surface area contributed by atoms with Gasteiger partial charge in [0.05, 0.1) is 17.1 Å². The van der Waals surface area contributed by atoms with Crippen molar-refractivity contribution in [3.63, 3.8) is 0 Å². The van der Waals surface area contributed by atoms with Gasteiger partial charge in [0, 0.05) is 26.2 Å². The standard InChI is InChI=1S/C22H24FN5OS/c1-2-17-7-3-5-9-19(17)28-16-24-25-22(28)30-15-21(29)27-13-11-26(12-14-27)20-10-6-4-8-18(20)23/h3-10,16H,2,11-15H2,1H3. The molecule has 1 amide bonds. The molecule has 0 saturated carbocycles. The van der Waals surface area contributed by atoms with E-state index in [9.17, 15) is 9.18 Å². The molecule has 2 aromatic carbocycles. The zero-order valence-electron chi connectivity index (χ0n) is 16.9. The summed E-state index contributed by atoms with van der Waals surface area (Å²) in [7, 11) is 0. The number of benzene rings is 2. The molecule has 1 aliphatic heterocycles. The van der Waals surface area contributed by atoms with E-state index in [1.165, 1.54) is 23.4 Å². The Morgan fingerprint density at radius 2 is 1.73 bits per heavy atom. The van der Waals surface area contributed by atoms with Crippen LogP contribution < -0.4 is 4.90 Å². The number of anilines is 1. The predicted molar refractivity (Wildman–Crippen MR) is 117 cm³/mol. The van der Waals surface area contributed by atoms with Crippen molar-refractivity contribution in [2.45, 2.75) is 18.5 Å². The van der Waals surface area contributed by atoms with Crippen LogP contribution in [0.2, 0.25) is 0 Å². The van der Waals surface area contributed by atoms with Crippen LogP contribution in [0.15, 0.2) is 60.0 Å². The minimum Gasteiger partial charge on any atom is -0.366 e. The molecule has 1 saturated heterocycles. The molecule has 1 aromatic heterocycles. The van der Waals surface area contributed by atoms with Gasteiger partial charge >= 0.3 is 0 Å². The van der Waals surface area contributed by atoms with E-state index in [1.54, 1.807) is 18.5 Å². The molecular weight excluding hydrogens is 401 g/mol. The highest BCUT2D eigenvalue weighted by molar-refractivity contribution is 7.99. The van der Waals surface area contributed by atoms with Crippen LogP contribution in [0.1, 0.15) is 12.5 Å². The van der Waals surface area contributed by atoms with Gasteiger partial charge in [-0.25, -0.2) is 4.39 Å². The van der Waals surface area contributed by atoms with E-state index >= 15 is 0 Å². The maximum Gasteiger partial charge on any atom is 0.233 e. The molecular formula is C22H24FN5OS. The second-order valence-electron chi connectivity index (χ2n) is 7.07. The minimum atomic E-state index is -0.223. The molecule has 1 fully saturated rings. The lowest BCUT2D eigenvalue weighted by molar-refractivity contribution is -0.128. The normalized spacial score (nSPS) is 14.2. The minimum absolute atomic E-state index is 0.0616. The SMILES string of the molecule is CCc1ccccc1-n1cnnc1SCC(=O)N1CCN(c2ccccc2F)CC1. The number of thioether (sulfide) groups is 1. The van der Waals surface area contributed by atoms with Gasteiger partial charge in [0.1, 0.15) is 12.1 Å². The number of para-hydroxylation sites is 2. The van der Waals surface area contributed by atoms with E-state index in [-0.39, 0.29) is 11.7 Å². The van der Waals surface area contributed by atoms with Gasteiger partial charge < -0.3 is 9.80 Å². The molecule has 0 spiro atoms. The molecule has 0 bridgehead atoms. The Balaban J connectivity index is 1.35. The second-order valence-corrected chi connectivity index (χ2v) is 8.02. The topological polar surface area (TPSA) is 54.3 Å². The van der Waals surface area contributed by atoms with Crippen LogP contribution in [-0.4, -0.2) is 57.5 Å². The van der Waals surface area contributed by atoms with Crippen LogP contribution in [0.4, 0.5) is 10.1 Å². The van der Waals surface area contributed by atoms with Gasteiger partial charge in [0.25, 0.3) is 0 Å². The van der Waals surface area contributed by atoms with Crippen molar-refractivity contribution in [1.29, 1.82) is 0 Å². The fraction of sp³-hybridized carbons (Fsp3) is 0.318. The summed E-state index contributed by atoms with van der Waals surface area (Å²) in [5, 5.41) is 8.95. The number of hydrogen-bond donors (Lipinski definition) is 0. The highest BCUT2D eigenvalue weighted by atomic mass is 32.2. The van der Waals surface area contributed by atoms with Gasteiger partial charge in [0.15, 0.2) is 5.16 Å². The Bertz CT molecular complexity index is 1020. The zero-order valence-corrected chi connectivity index (χ0v) is 17.7. The van der Waals surface area contributed by atoms with Gasteiger partial charge in [-0.05, 0) is 30.2 Å². The lowest BCUT2D eigenvalue weighted by Crippen LogP contribution is -2.49. The molecule has 0 radical (unpaired) electrons. The monoisotopic (exact) mass is 425 g/mol. The quantitative estimate of drug-likeness (QED) is 0.567. The summed E-state index contributed by atoms with van der Waals surface area (Å²) in [5.41, 5.74) is 2.84. The molecule has 4 rings (SSSR count). The van der Waals surface area contributed by atoms with Gasteiger partial charge in [-0.2, -0.15) is 0 Å². The van der Waals surface area contributed by atoms with Crippen molar-refractivity contribution in [2.75, 3.05) is 36.8 Å². The van der Waals surface area contributed by atoms with Gasteiger partial charge in [-0.15, -0.1) is 10.2 Å². The average Bonchev–Trinajstić information content (AvgIpc) is 3.26. The number of carbonyl (C=O) groups excluding carboxylic acids is 1. The number of hydrogen-bond acceptors (Lipinski definition) is 5. The Hall–Kier alpha value is -2.87. The van der Waals surface area contributed by atoms with E-state index in [0.29, 0.717) is 42.8 Å². The highest BCUT2D eigenvalue weighted by Crippen LogP contribution is 2.24. The molecule has 156 valence electrons. The summed E-state index contributed by atoms with van der Waals surface area (Å²) in [6.07, 6.45) is 2.60. The van der Waals surface area contributed by atoms with Gasteiger partial charge in [-0.1, -0.05) is 49.0 Å². The van der Waals surface area contributed by atoms with E-state index in [1.807, 2.05) is 38.6 Å². The van der Waals surface area contributed by atoms with Crippen LogP contribution in [0.25, 0.3) is 5.69 Å². The summed E-state index contributed by atoms with van der Waals surface area (Å²) in [6.45, 7) is 4.52. The highest BCUT2D eigenvalue weighted by Gasteiger charge is 2.23. The van der Waals surface area contributed by atoms with E-state index in [0.717, 1.165) is 12.1 Å². The zero-order chi connectivity index (χ0) is 20.9. The van der Waals surface area contributed by atoms with Crippen LogP contribution in [0.5, 0.6) is 0 Å². The first-order valence-electron chi connectivity index (χ1n) is 10.1. The second kappa shape index (κ2) is 9.30. The van der Waals surface area contributed by atoms with Crippen LogP contribution in [0.3, 0.4) is 0 Å². The van der Waals surface area contributed by atoms with E-state index in [2.05, 4.69) is 23.2 Å². The fourth-order valence-electron chi connectivity index (χ4n) is 3.66. The molecule has 30 heavy (non-hydrogen) atoms. The Labute approximate surface area is 179 Å². The lowest BCUT2D eigenvalue weighted by Gasteiger charge is -2.36. The third kappa shape index (κ3) is 4.33. The van der Waals surface area contributed by atoms with E-state index < -0.39 is 0 Å². The largest absolute Gasteiger partial charge is 0.366 e. The maximum absolute atomic E-state index is 14.0. The maximum atomic E-state index is 14.0. The Kier molecular flexibility index (Phi) is 6.32. The number of carbonyl (C=O) groups is 1. The summed E-state index contributed by atoms with van der Waals surface area (Å²) in [5.74, 6) is 0.137. The number of halogens is 1. The number of amides is 1. The van der Waals surface area contributed by atoms with Gasteiger partial charge in [0.2, 0.25) is 5.91 Å². The third-order valence-electron chi connectivity index (χ3n) is 5.30.